The van der Waals surface area contributed by atoms with Crippen molar-refractivity contribution < 1.29 is 19.4 Å². The molecule has 3 aliphatic rings. The van der Waals surface area contributed by atoms with E-state index in [1.54, 1.807) is 4.90 Å². The number of rotatable bonds is 2. The number of nitrogens with zero attached hydrogens (tertiary/aromatic N) is 1. The second-order valence-corrected chi connectivity index (χ2v) is 7.79. The Balaban J connectivity index is 2.17. The zero-order chi connectivity index (χ0) is 15.3. The van der Waals surface area contributed by atoms with Gasteiger partial charge in [0.15, 0.2) is 0 Å². The number of amides is 1. The first kappa shape index (κ1) is 15.1. The maximum atomic E-state index is 12.2. The molecule has 5 nitrogen and oxygen atoms in total. The van der Waals surface area contributed by atoms with Gasteiger partial charge in [0, 0.05) is 13.1 Å². The fourth-order valence-corrected chi connectivity index (χ4v) is 3.59. The van der Waals surface area contributed by atoms with Crippen LogP contribution < -0.4 is 0 Å². The normalized spacial score (nSPS) is 32.8. The minimum absolute atomic E-state index is 0.0620. The van der Waals surface area contributed by atoms with Crippen LogP contribution in [-0.4, -0.2) is 40.8 Å². The Hall–Kier alpha value is -1.26. The SMILES string of the molecule is CC(C)C12CN(C(=O)OC(C)(C)C)CC(C(=O)O)(C1)C2. The molecule has 0 atom stereocenters. The van der Waals surface area contributed by atoms with Crippen LogP contribution in [0.25, 0.3) is 0 Å². The Morgan fingerprint density at radius 1 is 1.20 bits per heavy atom. The fourth-order valence-electron chi connectivity index (χ4n) is 3.59. The number of piperidine rings is 2. The summed E-state index contributed by atoms with van der Waals surface area (Å²) in [7, 11) is 0. The first-order valence-electron chi connectivity index (χ1n) is 7.21. The summed E-state index contributed by atoms with van der Waals surface area (Å²) < 4.78 is 5.39. The minimum Gasteiger partial charge on any atom is -0.481 e. The van der Waals surface area contributed by atoms with Crippen molar-refractivity contribution in [1.82, 2.24) is 4.90 Å². The molecule has 2 heterocycles. The van der Waals surface area contributed by atoms with Gasteiger partial charge in [0.1, 0.15) is 5.60 Å². The van der Waals surface area contributed by atoms with E-state index in [-0.39, 0.29) is 12.0 Å². The number of hydrogen-bond donors (Lipinski definition) is 1. The molecule has 3 rings (SSSR count). The van der Waals surface area contributed by atoms with Crippen LogP contribution in [0.2, 0.25) is 0 Å². The molecular formula is C15H25NO4. The highest BCUT2D eigenvalue weighted by Crippen LogP contribution is 2.62. The first-order chi connectivity index (χ1) is 9.00. The van der Waals surface area contributed by atoms with Crippen LogP contribution >= 0.6 is 0 Å². The maximum absolute atomic E-state index is 12.2. The molecule has 0 radical (unpaired) electrons. The predicted octanol–water partition coefficient (Wildman–Crippen LogP) is 2.74. The Morgan fingerprint density at radius 3 is 2.15 bits per heavy atom. The van der Waals surface area contributed by atoms with E-state index >= 15 is 0 Å². The van der Waals surface area contributed by atoms with Gasteiger partial charge in [-0.05, 0) is 44.9 Å². The van der Waals surface area contributed by atoms with Gasteiger partial charge >= 0.3 is 12.1 Å². The summed E-state index contributed by atoms with van der Waals surface area (Å²) >= 11 is 0. The quantitative estimate of drug-likeness (QED) is 0.846. The molecule has 2 bridgehead atoms. The number of ether oxygens (including phenoxy) is 1. The van der Waals surface area contributed by atoms with Crippen LogP contribution in [0, 0.1) is 16.7 Å². The van der Waals surface area contributed by atoms with Gasteiger partial charge in [0.05, 0.1) is 5.41 Å². The van der Waals surface area contributed by atoms with E-state index in [4.69, 9.17) is 4.74 Å². The third-order valence-electron chi connectivity index (χ3n) is 4.71. The van der Waals surface area contributed by atoms with E-state index < -0.39 is 23.1 Å². The maximum Gasteiger partial charge on any atom is 0.410 e. The third kappa shape index (κ3) is 2.38. The molecule has 20 heavy (non-hydrogen) atoms. The number of aliphatic carboxylic acids is 1. The Kier molecular flexibility index (Phi) is 3.30. The summed E-state index contributed by atoms with van der Waals surface area (Å²) in [5.74, 6) is -0.428. The average molecular weight is 283 g/mol. The molecular weight excluding hydrogens is 258 g/mol. The summed E-state index contributed by atoms with van der Waals surface area (Å²) in [4.78, 5) is 25.4. The van der Waals surface area contributed by atoms with Crippen molar-refractivity contribution >= 4 is 12.1 Å². The van der Waals surface area contributed by atoms with Crippen LogP contribution in [0.4, 0.5) is 4.79 Å². The van der Waals surface area contributed by atoms with Gasteiger partial charge in [0.25, 0.3) is 0 Å². The van der Waals surface area contributed by atoms with Crippen molar-refractivity contribution in [2.75, 3.05) is 13.1 Å². The van der Waals surface area contributed by atoms with Gasteiger partial charge < -0.3 is 14.7 Å². The van der Waals surface area contributed by atoms with E-state index in [1.165, 1.54) is 0 Å². The smallest absolute Gasteiger partial charge is 0.410 e. The van der Waals surface area contributed by atoms with Crippen molar-refractivity contribution in [3.63, 3.8) is 0 Å². The molecule has 1 aliphatic carbocycles. The molecule has 2 saturated heterocycles. The molecule has 0 aromatic carbocycles. The number of carbonyl (C=O) groups excluding carboxylic acids is 1. The van der Waals surface area contributed by atoms with E-state index in [0.29, 0.717) is 25.3 Å². The fraction of sp³-hybridized carbons (Fsp3) is 0.867. The largest absolute Gasteiger partial charge is 0.481 e. The third-order valence-corrected chi connectivity index (χ3v) is 4.71. The number of hydrogen-bond acceptors (Lipinski definition) is 3. The summed E-state index contributed by atoms with van der Waals surface area (Å²) in [5, 5.41) is 9.48. The molecule has 0 aromatic rings. The van der Waals surface area contributed by atoms with Gasteiger partial charge in [-0.2, -0.15) is 0 Å². The van der Waals surface area contributed by atoms with Crippen LogP contribution in [0.1, 0.15) is 47.5 Å². The van der Waals surface area contributed by atoms with Crippen molar-refractivity contribution in [2.45, 2.75) is 53.1 Å². The minimum atomic E-state index is -0.790. The summed E-state index contributed by atoms with van der Waals surface area (Å²) in [5.41, 5.74) is -1.38. The molecule has 0 unspecified atom stereocenters. The van der Waals surface area contributed by atoms with Gasteiger partial charge in [-0.3, -0.25) is 4.79 Å². The van der Waals surface area contributed by atoms with Crippen molar-refractivity contribution in [1.29, 1.82) is 0 Å². The molecule has 1 saturated carbocycles. The predicted molar refractivity (Wildman–Crippen MR) is 74.4 cm³/mol. The molecule has 1 amide bonds. The van der Waals surface area contributed by atoms with Gasteiger partial charge in [-0.15, -0.1) is 0 Å². The summed E-state index contributed by atoms with van der Waals surface area (Å²) in [6.07, 6.45) is 0.950. The van der Waals surface area contributed by atoms with E-state index in [0.717, 1.165) is 0 Å². The van der Waals surface area contributed by atoms with Crippen LogP contribution in [0.3, 0.4) is 0 Å². The van der Waals surface area contributed by atoms with Crippen molar-refractivity contribution in [2.24, 2.45) is 16.7 Å². The Bertz CT molecular complexity index is 430. The highest BCUT2D eigenvalue weighted by atomic mass is 16.6. The number of carbonyl (C=O) groups is 2. The van der Waals surface area contributed by atoms with Crippen LogP contribution in [0.5, 0.6) is 0 Å². The average Bonchev–Trinajstić information content (AvgIpc) is 2.24. The van der Waals surface area contributed by atoms with Crippen molar-refractivity contribution in [3.8, 4) is 0 Å². The van der Waals surface area contributed by atoms with Crippen LogP contribution in [0.15, 0.2) is 0 Å². The standard InChI is InChI=1S/C15H25NO4/c1-10(2)14-6-15(7-14,11(17)18)9-16(8-14)12(19)20-13(3,4)5/h10H,6-9H2,1-5H3,(H,17,18). The molecule has 0 aromatic heterocycles. The molecule has 1 N–H and O–H groups in total. The monoisotopic (exact) mass is 283 g/mol. The lowest BCUT2D eigenvalue weighted by molar-refractivity contribution is -0.191. The first-order valence-corrected chi connectivity index (χ1v) is 7.21. The summed E-state index contributed by atoms with van der Waals surface area (Å²) in [6, 6.07) is 0. The van der Waals surface area contributed by atoms with Gasteiger partial charge in [-0.1, -0.05) is 13.8 Å². The molecule has 3 fully saturated rings. The number of fused-ring (bicyclic) bond motifs is 2. The zero-order valence-corrected chi connectivity index (χ0v) is 13.0. The second kappa shape index (κ2) is 4.37. The topological polar surface area (TPSA) is 66.8 Å². The molecule has 0 spiro atoms. The van der Waals surface area contributed by atoms with E-state index in [1.807, 2.05) is 20.8 Å². The second-order valence-electron chi connectivity index (χ2n) is 7.79. The van der Waals surface area contributed by atoms with Gasteiger partial charge in [-0.25, -0.2) is 4.79 Å². The van der Waals surface area contributed by atoms with Crippen LogP contribution in [-0.2, 0) is 9.53 Å². The Morgan fingerprint density at radius 2 is 1.75 bits per heavy atom. The highest BCUT2D eigenvalue weighted by Gasteiger charge is 2.65. The number of carboxylic acid groups (broad SMARTS) is 1. The number of carboxylic acids is 1. The van der Waals surface area contributed by atoms with E-state index in [2.05, 4.69) is 13.8 Å². The lowest BCUT2D eigenvalue weighted by atomic mass is 9.46. The highest BCUT2D eigenvalue weighted by molar-refractivity contribution is 5.79. The lowest BCUT2D eigenvalue weighted by Crippen LogP contribution is -2.68. The zero-order valence-electron chi connectivity index (χ0n) is 13.0. The lowest BCUT2D eigenvalue weighted by Gasteiger charge is -2.63. The Labute approximate surface area is 120 Å². The van der Waals surface area contributed by atoms with Crippen molar-refractivity contribution in [3.05, 3.63) is 0 Å². The molecule has 114 valence electrons. The molecule has 2 aliphatic heterocycles. The summed E-state index contributed by atoms with van der Waals surface area (Å²) in [6.45, 7) is 10.5. The van der Waals surface area contributed by atoms with Gasteiger partial charge in [0.2, 0.25) is 0 Å². The molecule has 5 heteroatoms. The van der Waals surface area contributed by atoms with E-state index in [9.17, 15) is 14.7 Å².